The second-order valence-corrected chi connectivity index (χ2v) is 7.36. The highest BCUT2D eigenvalue weighted by Gasteiger charge is 2.35. The van der Waals surface area contributed by atoms with Crippen LogP contribution in [0.25, 0.3) is 0 Å². The van der Waals surface area contributed by atoms with Gasteiger partial charge in [0, 0.05) is 24.8 Å². The molecule has 2 heteroatoms. The molecule has 0 aromatic heterocycles. The molecule has 2 N–H and O–H groups in total. The highest BCUT2D eigenvalue weighted by Crippen LogP contribution is 2.45. The fourth-order valence-corrected chi connectivity index (χ4v) is 4.36. The summed E-state index contributed by atoms with van der Waals surface area (Å²) in [5.41, 5.74) is 9.56. The summed E-state index contributed by atoms with van der Waals surface area (Å²) >= 11 is 0. The molecule has 2 nitrogen and oxygen atoms in total. The minimum absolute atomic E-state index is 0.237. The van der Waals surface area contributed by atoms with Gasteiger partial charge in [0.05, 0.1) is 0 Å². The zero-order valence-corrected chi connectivity index (χ0v) is 13.5. The molecule has 3 rings (SSSR count). The molecule has 1 aromatic carbocycles. The largest absolute Gasteiger partial charge is 0.371 e. The number of piperidine rings is 1. The van der Waals surface area contributed by atoms with E-state index in [4.69, 9.17) is 5.73 Å². The van der Waals surface area contributed by atoms with Gasteiger partial charge in [-0.25, -0.2) is 0 Å². The van der Waals surface area contributed by atoms with Gasteiger partial charge in [0.25, 0.3) is 0 Å². The molecule has 0 amide bonds. The number of para-hydroxylation sites is 1. The summed E-state index contributed by atoms with van der Waals surface area (Å²) < 4.78 is 0. The maximum atomic E-state index is 6.02. The van der Waals surface area contributed by atoms with Crippen molar-refractivity contribution in [2.24, 2.45) is 11.1 Å². The molecule has 1 heterocycles. The zero-order valence-electron chi connectivity index (χ0n) is 13.5. The SMILES string of the molecule is CC(N)Cc1ccccc1N1CCC2(CCCCC2)CC1. The first-order chi connectivity index (χ1) is 10.2. The van der Waals surface area contributed by atoms with Crippen LogP contribution in [0.5, 0.6) is 0 Å². The van der Waals surface area contributed by atoms with Crippen LogP contribution in [0.15, 0.2) is 24.3 Å². The van der Waals surface area contributed by atoms with E-state index < -0.39 is 0 Å². The van der Waals surface area contributed by atoms with Crippen molar-refractivity contribution in [3.05, 3.63) is 29.8 Å². The van der Waals surface area contributed by atoms with Crippen LogP contribution in [-0.4, -0.2) is 19.1 Å². The molecule has 1 saturated heterocycles. The van der Waals surface area contributed by atoms with Crippen molar-refractivity contribution in [1.29, 1.82) is 0 Å². The highest BCUT2D eigenvalue weighted by atomic mass is 15.1. The Hall–Kier alpha value is -1.02. The first-order valence-corrected chi connectivity index (χ1v) is 8.77. The van der Waals surface area contributed by atoms with Gasteiger partial charge >= 0.3 is 0 Å². The molecule has 2 aliphatic rings. The van der Waals surface area contributed by atoms with Crippen LogP contribution in [0.2, 0.25) is 0 Å². The van der Waals surface area contributed by atoms with Gasteiger partial charge < -0.3 is 10.6 Å². The highest BCUT2D eigenvalue weighted by molar-refractivity contribution is 5.54. The summed E-state index contributed by atoms with van der Waals surface area (Å²) in [7, 11) is 0. The van der Waals surface area contributed by atoms with Gasteiger partial charge in [-0.1, -0.05) is 37.5 Å². The van der Waals surface area contributed by atoms with Gasteiger partial charge in [0.15, 0.2) is 0 Å². The van der Waals surface area contributed by atoms with Gasteiger partial charge in [-0.15, -0.1) is 0 Å². The van der Waals surface area contributed by atoms with Crippen LogP contribution in [0.4, 0.5) is 5.69 Å². The van der Waals surface area contributed by atoms with Gasteiger partial charge in [-0.3, -0.25) is 0 Å². The second-order valence-electron chi connectivity index (χ2n) is 7.36. The lowest BCUT2D eigenvalue weighted by atomic mass is 9.68. The van der Waals surface area contributed by atoms with Crippen molar-refractivity contribution >= 4 is 5.69 Å². The third-order valence-electron chi connectivity index (χ3n) is 5.61. The predicted molar refractivity (Wildman–Crippen MR) is 90.8 cm³/mol. The molecule has 0 bridgehead atoms. The molecule has 1 spiro atoms. The van der Waals surface area contributed by atoms with Gasteiger partial charge in [0.2, 0.25) is 0 Å². The van der Waals surface area contributed by atoms with Crippen molar-refractivity contribution in [3.8, 4) is 0 Å². The van der Waals surface area contributed by atoms with Crippen LogP contribution in [0.3, 0.4) is 0 Å². The van der Waals surface area contributed by atoms with Crippen molar-refractivity contribution in [2.75, 3.05) is 18.0 Å². The molecule has 1 saturated carbocycles. The van der Waals surface area contributed by atoms with Gasteiger partial charge in [0.1, 0.15) is 0 Å². The van der Waals surface area contributed by atoms with E-state index in [1.165, 1.54) is 69.3 Å². The average Bonchev–Trinajstić information content (AvgIpc) is 2.49. The number of nitrogens with two attached hydrogens (primary N) is 1. The summed E-state index contributed by atoms with van der Waals surface area (Å²) in [5.74, 6) is 0. The van der Waals surface area contributed by atoms with Crippen molar-refractivity contribution in [1.82, 2.24) is 0 Å². The fraction of sp³-hybridized carbons (Fsp3) is 0.684. The molecular formula is C19H30N2. The van der Waals surface area contributed by atoms with Gasteiger partial charge in [-0.05, 0) is 56.1 Å². The van der Waals surface area contributed by atoms with Crippen molar-refractivity contribution in [3.63, 3.8) is 0 Å². The normalized spacial score (nSPS) is 23.2. The molecule has 1 unspecified atom stereocenters. The first kappa shape index (κ1) is 14.9. The zero-order chi connectivity index (χ0) is 14.7. The number of nitrogens with zero attached hydrogens (tertiary/aromatic N) is 1. The van der Waals surface area contributed by atoms with Crippen molar-refractivity contribution in [2.45, 2.75) is 64.3 Å². The van der Waals surface area contributed by atoms with E-state index in [1.807, 2.05) is 0 Å². The summed E-state index contributed by atoms with van der Waals surface area (Å²) in [6, 6.07) is 9.10. The number of hydrogen-bond donors (Lipinski definition) is 1. The molecule has 1 aliphatic heterocycles. The quantitative estimate of drug-likeness (QED) is 0.905. The summed E-state index contributed by atoms with van der Waals surface area (Å²) in [6.07, 6.45) is 11.1. The van der Waals surface area contributed by atoms with E-state index in [2.05, 4.69) is 36.1 Å². The molecule has 21 heavy (non-hydrogen) atoms. The minimum atomic E-state index is 0.237. The smallest absolute Gasteiger partial charge is 0.0399 e. The Kier molecular flexibility index (Phi) is 4.54. The Bertz CT molecular complexity index is 450. The van der Waals surface area contributed by atoms with E-state index >= 15 is 0 Å². The maximum Gasteiger partial charge on any atom is 0.0399 e. The van der Waals surface area contributed by atoms with E-state index in [0.717, 1.165) is 6.42 Å². The maximum absolute atomic E-state index is 6.02. The average molecular weight is 286 g/mol. The number of benzene rings is 1. The summed E-state index contributed by atoms with van der Waals surface area (Å²) in [4.78, 5) is 2.61. The lowest BCUT2D eigenvalue weighted by Gasteiger charge is -2.45. The third kappa shape index (κ3) is 3.42. The molecule has 0 radical (unpaired) electrons. The van der Waals surface area contributed by atoms with Crippen LogP contribution in [-0.2, 0) is 6.42 Å². The van der Waals surface area contributed by atoms with E-state index in [1.54, 1.807) is 0 Å². The number of rotatable bonds is 3. The molecule has 116 valence electrons. The Labute approximate surface area is 129 Å². The van der Waals surface area contributed by atoms with E-state index in [-0.39, 0.29) is 6.04 Å². The molecule has 1 aliphatic carbocycles. The minimum Gasteiger partial charge on any atom is -0.371 e. The molecule has 2 fully saturated rings. The van der Waals surface area contributed by atoms with E-state index in [9.17, 15) is 0 Å². The second kappa shape index (κ2) is 6.39. The van der Waals surface area contributed by atoms with Crippen LogP contribution in [0.1, 0.15) is 57.4 Å². The van der Waals surface area contributed by atoms with Crippen molar-refractivity contribution < 1.29 is 0 Å². The van der Waals surface area contributed by atoms with E-state index in [0.29, 0.717) is 5.41 Å². The topological polar surface area (TPSA) is 29.3 Å². The lowest BCUT2D eigenvalue weighted by Crippen LogP contribution is -2.41. The van der Waals surface area contributed by atoms with Crippen LogP contribution >= 0.6 is 0 Å². The standard InChI is InChI=1S/C19H30N2/c1-16(20)15-17-7-3-4-8-18(17)21-13-11-19(12-14-21)9-5-2-6-10-19/h3-4,7-8,16H,2,5-6,9-15,20H2,1H3. The Morgan fingerprint density at radius 1 is 1.05 bits per heavy atom. The first-order valence-electron chi connectivity index (χ1n) is 8.77. The Morgan fingerprint density at radius 3 is 2.38 bits per heavy atom. The van der Waals surface area contributed by atoms with Crippen LogP contribution in [0, 0.1) is 5.41 Å². The molecular weight excluding hydrogens is 256 g/mol. The molecule has 1 atom stereocenters. The Morgan fingerprint density at radius 2 is 1.71 bits per heavy atom. The summed E-state index contributed by atoms with van der Waals surface area (Å²) in [6.45, 7) is 4.57. The number of anilines is 1. The van der Waals surface area contributed by atoms with Gasteiger partial charge in [-0.2, -0.15) is 0 Å². The predicted octanol–water partition coefficient (Wildman–Crippen LogP) is 4.13. The molecule has 1 aromatic rings. The third-order valence-corrected chi connectivity index (χ3v) is 5.61. The monoisotopic (exact) mass is 286 g/mol. The Balaban J connectivity index is 1.69. The fourth-order valence-electron chi connectivity index (χ4n) is 4.36. The number of hydrogen-bond acceptors (Lipinski definition) is 2. The lowest BCUT2D eigenvalue weighted by molar-refractivity contribution is 0.144. The summed E-state index contributed by atoms with van der Waals surface area (Å²) in [5, 5.41) is 0. The van der Waals surface area contributed by atoms with Crippen LogP contribution < -0.4 is 10.6 Å².